The van der Waals surface area contributed by atoms with Crippen molar-refractivity contribution < 1.29 is 21.6 Å². The van der Waals surface area contributed by atoms with Crippen LogP contribution in [0.5, 0.6) is 0 Å². The van der Waals surface area contributed by atoms with Gasteiger partial charge < -0.3 is 5.32 Å². The van der Waals surface area contributed by atoms with Crippen molar-refractivity contribution in [3.05, 3.63) is 53.1 Å². The highest BCUT2D eigenvalue weighted by atomic mass is 32.2. The van der Waals surface area contributed by atoms with Gasteiger partial charge in [0, 0.05) is 12.1 Å². The molecule has 2 aromatic carbocycles. The fourth-order valence-electron chi connectivity index (χ4n) is 3.96. The maximum absolute atomic E-state index is 13.6. The molecule has 2 heterocycles. The molecular formula is C18H21F3N6O2S. The van der Waals surface area contributed by atoms with Crippen molar-refractivity contribution in [1.82, 2.24) is 27.2 Å². The van der Waals surface area contributed by atoms with Crippen LogP contribution in [0.15, 0.2) is 41.3 Å². The van der Waals surface area contributed by atoms with Gasteiger partial charge in [-0.05, 0) is 41.6 Å². The molecule has 30 heavy (non-hydrogen) atoms. The summed E-state index contributed by atoms with van der Waals surface area (Å²) in [4.78, 5) is -0.962. The predicted octanol–water partition coefficient (Wildman–Crippen LogP) is 1.21. The first-order valence-electron chi connectivity index (χ1n) is 9.25. The van der Waals surface area contributed by atoms with E-state index in [2.05, 4.69) is 27.2 Å². The number of sulfonamides is 1. The van der Waals surface area contributed by atoms with E-state index in [0.29, 0.717) is 11.1 Å². The van der Waals surface area contributed by atoms with E-state index in [9.17, 15) is 21.6 Å². The number of halogens is 3. The molecule has 8 nitrogen and oxygen atoms in total. The molecule has 7 N–H and O–H groups in total. The van der Waals surface area contributed by atoms with Gasteiger partial charge in [-0.25, -0.2) is 24.4 Å². The van der Waals surface area contributed by atoms with E-state index in [1.54, 1.807) is 6.07 Å². The minimum Gasteiger partial charge on any atom is -0.316 e. The van der Waals surface area contributed by atoms with E-state index in [1.165, 1.54) is 6.07 Å². The van der Waals surface area contributed by atoms with Crippen molar-refractivity contribution >= 4 is 10.0 Å². The largest absolute Gasteiger partial charge is 0.417 e. The van der Waals surface area contributed by atoms with Gasteiger partial charge in [-0.3, -0.25) is 0 Å². The lowest BCUT2D eigenvalue weighted by Gasteiger charge is -2.23. The SMILES string of the molecule is NS(=O)(=O)c1c(C(F)(F)F)ccc(-c2cccc(C3CCNC3)c2)c1C1NNNN1. The topological polar surface area (TPSA) is 120 Å². The number of primary sulfonamides is 1. The minimum absolute atomic E-state index is 0.119. The lowest BCUT2D eigenvalue weighted by atomic mass is 9.91. The molecule has 2 aliphatic rings. The van der Waals surface area contributed by atoms with Gasteiger partial charge in [-0.2, -0.15) is 24.2 Å². The Hall–Kier alpha value is -2.06. The molecule has 2 aromatic rings. The molecule has 2 fully saturated rings. The monoisotopic (exact) mass is 442 g/mol. The van der Waals surface area contributed by atoms with E-state index >= 15 is 0 Å². The molecule has 0 aliphatic carbocycles. The third-order valence-electron chi connectivity index (χ3n) is 5.30. The van der Waals surface area contributed by atoms with Crippen molar-refractivity contribution in [2.75, 3.05) is 13.1 Å². The summed E-state index contributed by atoms with van der Waals surface area (Å²) >= 11 is 0. The maximum Gasteiger partial charge on any atom is 0.417 e. The van der Waals surface area contributed by atoms with Crippen LogP contribution in [0.1, 0.15) is 35.2 Å². The number of alkyl halides is 3. The van der Waals surface area contributed by atoms with Gasteiger partial charge in [0.05, 0.1) is 5.56 Å². The highest BCUT2D eigenvalue weighted by Crippen LogP contribution is 2.41. The Morgan fingerprint density at radius 3 is 2.40 bits per heavy atom. The molecule has 2 saturated heterocycles. The average Bonchev–Trinajstić information content (AvgIpc) is 3.39. The van der Waals surface area contributed by atoms with E-state index in [1.807, 2.05) is 18.2 Å². The quantitative estimate of drug-likeness (QED) is 0.421. The van der Waals surface area contributed by atoms with Crippen LogP contribution in [0, 0.1) is 0 Å². The van der Waals surface area contributed by atoms with E-state index in [0.717, 1.165) is 31.1 Å². The molecule has 4 rings (SSSR count). The Bertz CT molecular complexity index is 1050. The molecule has 162 valence electrons. The van der Waals surface area contributed by atoms with Crippen molar-refractivity contribution in [1.29, 1.82) is 0 Å². The van der Waals surface area contributed by atoms with Gasteiger partial charge in [0.1, 0.15) is 11.1 Å². The molecule has 0 amide bonds. The first-order chi connectivity index (χ1) is 14.2. The second-order valence-electron chi connectivity index (χ2n) is 7.23. The van der Waals surface area contributed by atoms with E-state index in [-0.39, 0.29) is 11.5 Å². The molecule has 2 aliphatic heterocycles. The molecule has 1 unspecified atom stereocenters. The van der Waals surface area contributed by atoms with Gasteiger partial charge >= 0.3 is 6.18 Å². The van der Waals surface area contributed by atoms with Crippen molar-refractivity contribution in [2.45, 2.75) is 29.6 Å². The van der Waals surface area contributed by atoms with Crippen molar-refractivity contribution in [3.63, 3.8) is 0 Å². The van der Waals surface area contributed by atoms with E-state index < -0.39 is 32.8 Å². The Balaban J connectivity index is 1.95. The first-order valence-corrected chi connectivity index (χ1v) is 10.8. The standard InChI is InChI=1S/C18H21F3N6O2S/c19-18(20,21)14-5-4-13(11-3-1-2-10(8-11)12-6-7-23-9-12)15(16(14)30(22,28)29)17-24-26-27-25-17/h1-5,8,12,17,23-27H,6-7,9H2,(H2,22,28,29). The number of hydrazine groups is 3. The van der Waals surface area contributed by atoms with Gasteiger partial charge in [0.2, 0.25) is 10.0 Å². The van der Waals surface area contributed by atoms with Crippen LogP contribution in [-0.4, -0.2) is 21.5 Å². The molecule has 0 aromatic heterocycles. The Labute approximate surface area is 171 Å². The third kappa shape index (κ3) is 4.07. The number of rotatable bonds is 4. The first kappa shape index (κ1) is 21.2. The summed E-state index contributed by atoms with van der Waals surface area (Å²) in [7, 11) is -4.71. The minimum atomic E-state index is -4.90. The van der Waals surface area contributed by atoms with Gasteiger partial charge in [-0.1, -0.05) is 30.3 Å². The normalized spacial score (nSPS) is 20.7. The smallest absolute Gasteiger partial charge is 0.316 e. The van der Waals surface area contributed by atoms with E-state index in [4.69, 9.17) is 5.14 Å². The van der Waals surface area contributed by atoms with Crippen molar-refractivity contribution in [2.24, 2.45) is 5.14 Å². The van der Waals surface area contributed by atoms with Crippen LogP contribution in [0.25, 0.3) is 11.1 Å². The highest BCUT2D eigenvalue weighted by Gasteiger charge is 2.40. The lowest BCUT2D eigenvalue weighted by Crippen LogP contribution is -2.33. The third-order valence-corrected chi connectivity index (χ3v) is 6.31. The average molecular weight is 442 g/mol. The summed E-state index contributed by atoms with van der Waals surface area (Å²) in [5, 5.41) is 8.55. The number of benzene rings is 2. The molecule has 12 heteroatoms. The Kier molecular flexibility index (Phi) is 5.57. The zero-order valence-electron chi connectivity index (χ0n) is 15.7. The Morgan fingerprint density at radius 2 is 1.80 bits per heavy atom. The van der Waals surface area contributed by atoms with Crippen LogP contribution in [0.3, 0.4) is 0 Å². The zero-order chi connectivity index (χ0) is 21.5. The molecule has 0 saturated carbocycles. The number of hydrogen-bond donors (Lipinski definition) is 6. The summed E-state index contributed by atoms with van der Waals surface area (Å²) in [6.07, 6.45) is -4.93. The zero-order valence-corrected chi connectivity index (χ0v) is 16.5. The summed E-state index contributed by atoms with van der Waals surface area (Å²) in [5.41, 5.74) is 10.9. The summed E-state index contributed by atoms with van der Waals surface area (Å²) in [5.74, 6) is 0.284. The molecule has 1 atom stereocenters. The van der Waals surface area contributed by atoms with Gasteiger partial charge in [0.25, 0.3) is 0 Å². The highest BCUT2D eigenvalue weighted by molar-refractivity contribution is 7.89. The molecular weight excluding hydrogens is 421 g/mol. The number of nitrogens with two attached hydrogens (primary N) is 1. The van der Waals surface area contributed by atoms with Crippen LogP contribution in [0.2, 0.25) is 0 Å². The van der Waals surface area contributed by atoms with Crippen LogP contribution in [-0.2, 0) is 16.2 Å². The Morgan fingerprint density at radius 1 is 1.07 bits per heavy atom. The number of hydrogen-bond acceptors (Lipinski definition) is 7. The predicted molar refractivity (Wildman–Crippen MR) is 104 cm³/mol. The maximum atomic E-state index is 13.6. The van der Waals surface area contributed by atoms with Crippen LogP contribution >= 0.6 is 0 Å². The molecule has 0 bridgehead atoms. The second kappa shape index (κ2) is 7.89. The second-order valence-corrected chi connectivity index (χ2v) is 8.73. The molecule has 0 spiro atoms. The van der Waals surface area contributed by atoms with Gasteiger partial charge in [0.15, 0.2) is 0 Å². The lowest BCUT2D eigenvalue weighted by molar-refractivity contribution is -0.140. The summed E-state index contributed by atoms with van der Waals surface area (Å²) in [6, 6.07) is 9.43. The van der Waals surface area contributed by atoms with Crippen LogP contribution in [0.4, 0.5) is 13.2 Å². The van der Waals surface area contributed by atoms with Crippen LogP contribution < -0.4 is 32.4 Å². The number of nitrogens with one attached hydrogen (secondary N) is 5. The summed E-state index contributed by atoms with van der Waals surface area (Å²) in [6.45, 7) is 1.70. The molecule has 0 radical (unpaired) electrons. The fraction of sp³-hybridized carbons (Fsp3) is 0.333. The van der Waals surface area contributed by atoms with Gasteiger partial charge in [-0.15, -0.1) is 0 Å². The van der Waals surface area contributed by atoms with Crippen molar-refractivity contribution in [3.8, 4) is 11.1 Å². The summed E-state index contributed by atoms with van der Waals surface area (Å²) < 4.78 is 65.6. The fourth-order valence-corrected chi connectivity index (χ4v) is 4.99.